The van der Waals surface area contributed by atoms with E-state index in [1.165, 1.54) is 0 Å². The van der Waals surface area contributed by atoms with Crippen LogP contribution >= 0.6 is 11.6 Å². The van der Waals surface area contributed by atoms with Gasteiger partial charge in [-0.1, -0.05) is 41.9 Å². The van der Waals surface area contributed by atoms with Crippen LogP contribution in [0.3, 0.4) is 0 Å². The van der Waals surface area contributed by atoms with Gasteiger partial charge in [-0.25, -0.2) is 0 Å². The molecular weight excluding hydrogens is 270 g/mol. The van der Waals surface area contributed by atoms with Crippen molar-refractivity contribution < 1.29 is 4.74 Å². The van der Waals surface area contributed by atoms with Crippen molar-refractivity contribution in [1.82, 2.24) is 0 Å². The van der Waals surface area contributed by atoms with Gasteiger partial charge in [0.1, 0.15) is 11.5 Å². The van der Waals surface area contributed by atoms with E-state index in [9.17, 15) is 0 Å². The van der Waals surface area contributed by atoms with Crippen LogP contribution in [0, 0.1) is 11.3 Å². The monoisotopic (exact) mass is 279 g/mol. The Morgan fingerprint density at radius 1 is 0.900 bits per heavy atom. The normalized spacial score (nSPS) is 10.2. The molecule has 96 valence electrons. The third-order valence-electron chi connectivity index (χ3n) is 3.01. The lowest BCUT2D eigenvalue weighted by Gasteiger charge is -2.08. The van der Waals surface area contributed by atoms with E-state index < -0.39 is 0 Å². The van der Waals surface area contributed by atoms with E-state index in [0.717, 1.165) is 16.5 Å². The van der Waals surface area contributed by atoms with Crippen molar-refractivity contribution >= 4 is 22.4 Å². The predicted octanol–water partition coefficient (Wildman–Crippen LogP) is 5.16. The van der Waals surface area contributed by atoms with E-state index in [1.54, 1.807) is 18.2 Å². The summed E-state index contributed by atoms with van der Waals surface area (Å²) in [6.45, 7) is 0. The van der Waals surface area contributed by atoms with Crippen LogP contribution in [0.1, 0.15) is 5.56 Å². The lowest BCUT2D eigenvalue weighted by molar-refractivity contribution is 0.483. The molecule has 0 aliphatic heterocycles. The van der Waals surface area contributed by atoms with Gasteiger partial charge in [-0.15, -0.1) is 0 Å². The number of nitrogens with zero attached hydrogens (tertiary/aromatic N) is 1. The zero-order valence-corrected chi connectivity index (χ0v) is 11.3. The second-order valence-electron chi connectivity index (χ2n) is 4.37. The van der Waals surface area contributed by atoms with Gasteiger partial charge < -0.3 is 4.74 Å². The summed E-state index contributed by atoms with van der Waals surface area (Å²) in [5.41, 5.74) is 0.515. The Morgan fingerprint density at radius 3 is 2.45 bits per heavy atom. The van der Waals surface area contributed by atoms with Crippen molar-refractivity contribution in [3.63, 3.8) is 0 Å². The second-order valence-corrected chi connectivity index (χ2v) is 4.78. The first-order chi connectivity index (χ1) is 9.76. The van der Waals surface area contributed by atoms with Crippen LogP contribution in [0.15, 0.2) is 60.7 Å². The summed E-state index contributed by atoms with van der Waals surface area (Å²) < 4.78 is 5.78. The Morgan fingerprint density at radius 2 is 1.70 bits per heavy atom. The van der Waals surface area contributed by atoms with Crippen LogP contribution in [0.5, 0.6) is 11.5 Å². The van der Waals surface area contributed by atoms with E-state index in [1.807, 2.05) is 48.5 Å². The lowest BCUT2D eigenvalue weighted by Crippen LogP contribution is -1.86. The first-order valence-electron chi connectivity index (χ1n) is 6.12. The Hall–Kier alpha value is -2.50. The van der Waals surface area contributed by atoms with E-state index in [0.29, 0.717) is 16.3 Å². The first-order valence-corrected chi connectivity index (χ1v) is 6.50. The van der Waals surface area contributed by atoms with Gasteiger partial charge in [-0.3, -0.25) is 0 Å². The number of benzene rings is 3. The molecule has 0 N–H and O–H groups in total. The van der Waals surface area contributed by atoms with Crippen LogP contribution < -0.4 is 4.74 Å². The highest BCUT2D eigenvalue weighted by Gasteiger charge is 2.05. The molecule has 3 heteroatoms. The molecule has 0 aliphatic rings. The molecule has 0 amide bonds. The molecular formula is C17H10ClNO. The van der Waals surface area contributed by atoms with Crippen LogP contribution in [-0.4, -0.2) is 0 Å². The van der Waals surface area contributed by atoms with Gasteiger partial charge >= 0.3 is 0 Å². The predicted molar refractivity (Wildman–Crippen MR) is 80.2 cm³/mol. The molecule has 3 aromatic carbocycles. The van der Waals surface area contributed by atoms with Crippen LogP contribution in [0.2, 0.25) is 5.02 Å². The van der Waals surface area contributed by atoms with Gasteiger partial charge in [0.15, 0.2) is 0 Å². The molecule has 0 aromatic heterocycles. The fourth-order valence-corrected chi connectivity index (χ4v) is 2.23. The zero-order valence-electron chi connectivity index (χ0n) is 10.5. The van der Waals surface area contributed by atoms with Gasteiger partial charge in [-0.2, -0.15) is 5.26 Å². The Bertz CT molecular complexity index is 821. The van der Waals surface area contributed by atoms with Crippen molar-refractivity contribution in [1.29, 1.82) is 5.26 Å². The Balaban J connectivity index is 1.95. The third kappa shape index (κ3) is 2.45. The molecule has 3 aromatic rings. The highest BCUT2D eigenvalue weighted by atomic mass is 35.5. The highest BCUT2D eigenvalue weighted by molar-refractivity contribution is 6.32. The molecule has 0 heterocycles. The van der Waals surface area contributed by atoms with Gasteiger partial charge in [0.05, 0.1) is 16.7 Å². The largest absolute Gasteiger partial charge is 0.456 e. The fourth-order valence-electron chi connectivity index (χ4n) is 2.01. The number of hydrogen-bond acceptors (Lipinski definition) is 2. The minimum absolute atomic E-state index is 0.428. The number of halogens is 1. The molecule has 0 saturated carbocycles. The lowest BCUT2D eigenvalue weighted by atomic mass is 10.1. The molecule has 0 fully saturated rings. The molecule has 0 unspecified atom stereocenters. The Kier molecular flexibility index (Phi) is 3.28. The first kappa shape index (κ1) is 12.5. The molecule has 0 saturated heterocycles. The average Bonchev–Trinajstić information content (AvgIpc) is 2.49. The molecule has 0 bridgehead atoms. The Labute approximate surface area is 121 Å². The number of fused-ring (bicyclic) bond motifs is 1. The number of nitriles is 1. The third-order valence-corrected chi connectivity index (χ3v) is 3.31. The van der Waals surface area contributed by atoms with E-state index >= 15 is 0 Å². The van der Waals surface area contributed by atoms with Gasteiger partial charge in [0, 0.05) is 0 Å². The summed E-state index contributed by atoms with van der Waals surface area (Å²) in [5, 5.41) is 11.5. The minimum Gasteiger partial charge on any atom is -0.456 e. The summed E-state index contributed by atoms with van der Waals surface area (Å²) >= 11 is 6.10. The molecule has 0 spiro atoms. The maximum atomic E-state index is 8.81. The van der Waals surface area contributed by atoms with Gasteiger partial charge in [-0.05, 0) is 41.1 Å². The maximum Gasteiger partial charge on any atom is 0.146 e. The summed E-state index contributed by atoms with van der Waals surface area (Å²) in [7, 11) is 0. The van der Waals surface area contributed by atoms with Crippen LogP contribution in [-0.2, 0) is 0 Å². The zero-order chi connectivity index (χ0) is 13.9. The molecule has 0 radical (unpaired) electrons. The summed E-state index contributed by atoms with van der Waals surface area (Å²) in [6, 6.07) is 21.0. The molecule has 3 rings (SSSR count). The van der Waals surface area contributed by atoms with Crippen molar-refractivity contribution in [2.24, 2.45) is 0 Å². The molecule has 0 atom stereocenters. The minimum atomic E-state index is 0.428. The quantitative estimate of drug-likeness (QED) is 0.649. The van der Waals surface area contributed by atoms with Crippen LogP contribution in [0.4, 0.5) is 0 Å². The van der Waals surface area contributed by atoms with E-state index in [4.69, 9.17) is 21.6 Å². The summed E-state index contributed by atoms with van der Waals surface area (Å²) in [5.74, 6) is 1.26. The van der Waals surface area contributed by atoms with Gasteiger partial charge in [0.2, 0.25) is 0 Å². The van der Waals surface area contributed by atoms with Gasteiger partial charge in [0.25, 0.3) is 0 Å². The standard InChI is InChI=1S/C17H10ClNO/c18-16-9-12(11-19)5-8-17(16)20-15-7-6-13-3-1-2-4-14(13)10-15/h1-10H. The molecule has 20 heavy (non-hydrogen) atoms. The smallest absolute Gasteiger partial charge is 0.146 e. The summed E-state index contributed by atoms with van der Waals surface area (Å²) in [4.78, 5) is 0. The van der Waals surface area contributed by atoms with Crippen molar-refractivity contribution in [2.75, 3.05) is 0 Å². The van der Waals surface area contributed by atoms with Crippen LogP contribution in [0.25, 0.3) is 10.8 Å². The van der Waals surface area contributed by atoms with Crippen molar-refractivity contribution in [3.8, 4) is 17.6 Å². The second kappa shape index (κ2) is 5.24. The number of rotatable bonds is 2. The molecule has 2 nitrogen and oxygen atoms in total. The topological polar surface area (TPSA) is 33.0 Å². The SMILES string of the molecule is N#Cc1ccc(Oc2ccc3ccccc3c2)c(Cl)c1. The molecule has 0 aliphatic carbocycles. The highest BCUT2D eigenvalue weighted by Crippen LogP contribution is 2.31. The summed E-state index contributed by atoms with van der Waals surface area (Å²) in [6.07, 6.45) is 0. The van der Waals surface area contributed by atoms with Crippen molar-refractivity contribution in [2.45, 2.75) is 0 Å². The fraction of sp³-hybridized carbons (Fsp3) is 0. The average molecular weight is 280 g/mol. The number of hydrogen-bond donors (Lipinski definition) is 0. The van der Waals surface area contributed by atoms with Crippen molar-refractivity contribution in [3.05, 3.63) is 71.2 Å². The maximum absolute atomic E-state index is 8.81. The van der Waals surface area contributed by atoms with E-state index in [2.05, 4.69) is 0 Å². The van der Waals surface area contributed by atoms with E-state index in [-0.39, 0.29) is 0 Å². The number of ether oxygens (including phenoxy) is 1.